The molecule has 0 unspecified atom stereocenters. The predicted molar refractivity (Wildman–Crippen MR) is 408 cm³/mol. The number of nitrogens with zero attached hydrogens (tertiary/aromatic N) is 4. The summed E-state index contributed by atoms with van der Waals surface area (Å²) < 4.78 is 9.99. The molecule has 4 heteroatoms. The first kappa shape index (κ1) is 52.8. The number of hydrogen-bond donors (Lipinski definition) is 0. The summed E-state index contributed by atoms with van der Waals surface area (Å²) in [4.78, 5) is 0. The molecule has 0 amide bonds. The Morgan fingerprint density at radius 1 is 0.167 bits per heavy atom. The van der Waals surface area contributed by atoms with Gasteiger partial charge in [0.05, 0.1) is 44.1 Å². The van der Waals surface area contributed by atoms with Gasteiger partial charge in [-0.1, -0.05) is 231 Å². The number of fused-ring (bicyclic) bond motifs is 19. The summed E-state index contributed by atoms with van der Waals surface area (Å²) in [5, 5.41) is 22.0. The van der Waals surface area contributed by atoms with Crippen molar-refractivity contribution in [1.29, 1.82) is 0 Å². The minimum absolute atomic E-state index is 1.12. The maximum absolute atomic E-state index is 2.58. The van der Waals surface area contributed by atoms with Gasteiger partial charge in [-0.3, -0.25) is 0 Å². The highest BCUT2D eigenvalue weighted by atomic mass is 15.0. The van der Waals surface area contributed by atoms with E-state index in [-0.39, 0.29) is 0 Å². The Morgan fingerprint density at radius 3 is 1.17 bits per heavy atom. The normalized spacial score (nSPS) is 12.2. The van der Waals surface area contributed by atoms with Crippen LogP contribution in [0.25, 0.3) is 197 Å². The van der Waals surface area contributed by atoms with E-state index in [0.29, 0.717) is 0 Å². The van der Waals surface area contributed by atoms with E-state index in [1.54, 1.807) is 0 Å². The number of hydrogen-bond acceptors (Lipinski definition) is 0. The molecule has 0 spiro atoms. The molecule has 17 aromatic carbocycles. The molecule has 96 heavy (non-hydrogen) atoms. The second kappa shape index (κ2) is 20.4. The molecule has 4 nitrogen and oxygen atoms in total. The van der Waals surface area contributed by atoms with Gasteiger partial charge in [-0.15, -0.1) is 0 Å². The summed E-state index contributed by atoms with van der Waals surface area (Å²) in [6.45, 7) is 0. The van der Waals surface area contributed by atoms with Crippen LogP contribution in [0.5, 0.6) is 0 Å². The highest BCUT2D eigenvalue weighted by molar-refractivity contribution is 6.30. The van der Waals surface area contributed by atoms with Gasteiger partial charge >= 0.3 is 0 Å². The number of aromatic nitrogens is 4. The van der Waals surface area contributed by atoms with Gasteiger partial charge in [0.1, 0.15) is 0 Å². The van der Waals surface area contributed by atoms with Gasteiger partial charge in [0, 0.05) is 87.7 Å². The maximum atomic E-state index is 2.58. The Balaban J connectivity index is 0.760. The zero-order valence-electron chi connectivity index (χ0n) is 52.1. The first-order chi connectivity index (χ1) is 47.6. The molecule has 0 saturated carbocycles. The zero-order valence-corrected chi connectivity index (χ0v) is 52.1. The molecule has 0 aliphatic heterocycles. The highest BCUT2D eigenvalue weighted by Gasteiger charge is 2.27. The van der Waals surface area contributed by atoms with Gasteiger partial charge in [0.2, 0.25) is 0 Å². The molecule has 0 saturated heterocycles. The number of para-hydroxylation sites is 5. The van der Waals surface area contributed by atoms with Gasteiger partial charge in [-0.05, 0) is 175 Å². The summed E-state index contributed by atoms with van der Waals surface area (Å²) >= 11 is 0. The first-order valence-corrected chi connectivity index (χ1v) is 33.2. The molecule has 0 aliphatic carbocycles. The molecule has 0 fully saturated rings. The fourth-order valence-electron chi connectivity index (χ4n) is 16.7. The van der Waals surface area contributed by atoms with Gasteiger partial charge in [0.25, 0.3) is 0 Å². The predicted octanol–water partition coefficient (Wildman–Crippen LogP) is 24.8. The summed E-state index contributed by atoms with van der Waals surface area (Å²) in [6, 6.07) is 127. The summed E-state index contributed by atoms with van der Waals surface area (Å²) in [7, 11) is 0. The summed E-state index contributed by atoms with van der Waals surface area (Å²) in [5.41, 5.74) is 21.3. The van der Waals surface area contributed by atoms with Crippen molar-refractivity contribution < 1.29 is 0 Å². The van der Waals surface area contributed by atoms with E-state index in [4.69, 9.17) is 0 Å². The average Bonchev–Trinajstić information content (AvgIpc) is 1.47. The maximum Gasteiger partial charge on any atom is 0.0626 e. The Kier molecular flexibility index (Phi) is 11.2. The van der Waals surface area contributed by atoms with Crippen LogP contribution in [0.1, 0.15) is 0 Å². The minimum Gasteiger partial charge on any atom is -0.309 e. The quantitative estimate of drug-likeness (QED) is 0.152. The van der Waals surface area contributed by atoms with Crippen LogP contribution >= 0.6 is 0 Å². The Labute approximate surface area is 551 Å². The molecule has 0 atom stereocenters. The molecule has 4 heterocycles. The largest absolute Gasteiger partial charge is 0.309 e. The van der Waals surface area contributed by atoms with Crippen LogP contribution in [0.4, 0.5) is 0 Å². The number of rotatable bonds is 7. The molecule has 0 aliphatic rings. The second-order valence-electron chi connectivity index (χ2n) is 25.9. The topological polar surface area (TPSA) is 19.7 Å². The molecular formula is C92H56N4. The molecule has 21 aromatic rings. The standard InChI is InChI=1S/C92H56N4/c1-4-26-66(27-5-1)93-82-38-20-18-36-74(82)78-56-65(44-48-84(78)93)87-71-33-15-12-24-61(71)54-81-88-77(52-62-25-13-17-35-73(62)90(88)96(92(81)87)68-30-8-3-9-31-68)63-41-40-59-51-69(46-42-58(59)50-63)94-83-39-21-19-37-75(83)79-55-64(45-49-85(79)94)86-70-32-14-11-23-60(70)53-80-76-47-43-57-22-10-16-34-72(57)89(76)95(91(80)86)67-28-6-2-7-29-67/h1-56H. The van der Waals surface area contributed by atoms with E-state index in [1.165, 1.54) is 174 Å². The first-order valence-electron chi connectivity index (χ1n) is 33.2. The zero-order chi connectivity index (χ0) is 62.7. The van der Waals surface area contributed by atoms with Gasteiger partial charge in [0.15, 0.2) is 0 Å². The Morgan fingerprint density at radius 2 is 0.573 bits per heavy atom. The molecule has 444 valence electrons. The summed E-state index contributed by atoms with van der Waals surface area (Å²) in [6.07, 6.45) is 0. The third-order valence-corrected chi connectivity index (χ3v) is 20.8. The van der Waals surface area contributed by atoms with Crippen LogP contribution in [0.15, 0.2) is 340 Å². The molecule has 4 aromatic heterocycles. The van der Waals surface area contributed by atoms with E-state index in [9.17, 15) is 0 Å². The minimum atomic E-state index is 1.12. The van der Waals surface area contributed by atoms with E-state index >= 15 is 0 Å². The lowest BCUT2D eigenvalue weighted by molar-refractivity contribution is 1.18. The van der Waals surface area contributed by atoms with Crippen LogP contribution < -0.4 is 0 Å². The molecule has 0 radical (unpaired) electrons. The molecule has 0 bridgehead atoms. The number of benzene rings is 17. The molecule has 0 N–H and O–H groups in total. The van der Waals surface area contributed by atoms with Crippen molar-refractivity contribution >= 4 is 141 Å². The van der Waals surface area contributed by atoms with E-state index < -0.39 is 0 Å². The Bertz CT molecular complexity index is 6860. The van der Waals surface area contributed by atoms with Crippen LogP contribution in [0.2, 0.25) is 0 Å². The SMILES string of the molecule is c1ccc(-n2c3ccccc3c3cc(-c4c5ccccc5cc5c6c(-c7ccc8cc(-n9c%10ccccc%10c%10cc(-c%11c%12ccccc%12cc%12c%13ccc%14ccccc%14c%13n(-c%13ccccc%13)c%11%12)ccc%109)ccc8c7)cc7ccccc7c6n(-c6ccccc6)c45)ccc32)cc1. The van der Waals surface area contributed by atoms with Crippen LogP contribution in [0, 0.1) is 0 Å². The van der Waals surface area contributed by atoms with Gasteiger partial charge in [-0.25, -0.2) is 0 Å². The van der Waals surface area contributed by atoms with Crippen LogP contribution in [-0.2, 0) is 0 Å². The van der Waals surface area contributed by atoms with Crippen molar-refractivity contribution in [2.24, 2.45) is 0 Å². The van der Waals surface area contributed by atoms with Crippen molar-refractivity contribution in [1.82, 2.24) is 18.3 Å². The monoisotopic (exact) mass is 1220 g/mol. The van der Waals surface area contributed by atoms with Crippen LogP contribution in [-0.4, -0.2) is 18.3 Å². The van der Waals surface area contributed by atoms with Gasteiger partial charge in [-0.2, -0.15) is 0 Å². The average molecular weight is 1220 g/mol. The fraction of sp³-hybridized carbons (Fsp3) is 0. The van der Waals surface area contributed by atoms with E-state index in [2.05, 4.69) is 358 Å². The van der Waals surface area contributed by atoms with Crippen molar-refractivity contribution in [2.75, 3.05) is 0 Å². The smallest absolute Gasteiger partial charge is 0.0626 e. The Hall–Kier alpha value is -12.8. The van der Waals surface area contributed by atoms with E-state index in [0.717, 1.165) is 22.7 Å². The second-order valence-corrected chi connectivity index (χ2v) is 25.9. The van der Waals surface area contributed by atoms with E-state index in [1.807, 2.05) is 0 Å². The third-order valence-electron chi connectivity index (χ3n) is 20.8. The van der Waals surface area contributed by atoms with Gasteiger partial charge < -0.3 is 18.3 Å². The lowest BCUT2D eigenvalue weighted by atomic mass is 9.91. The van der Waals surface area contributed by atoms with Crippen molar-refractivity contribution in [2.45, 2.75) is 0 Å². The van der Waals surface area contributed by atoms with Crippen molar-refractivity contribution in [3.05, 3.63) is 340 Å². The van der Waals surface area contributed by atoms with Crippen molar-refractivity contribution in [3.8, 4) is 56.1 Å². The molecule has 21 rings (SSSR count). The van der Waals surface area contributed by atoms with Crippen LogP contribution in [0.3, 0.4) is 0 Å². The highest BCUT2D eigenvalue weighted by Crippen LogP contribution is 2.51. The molecular weight excluding hydrogens is 1160 g/mol. The third kappa shape index (κ3) is 7.61. The van der Waals surface area contributed by atoms with Crippen molar-refractivity contribution in [3.63, 3.8) is 0 Å². The summed E-state index contributed by atoms with van der Waals surface area (Å²) in [5.74, 6) is 0. The lowest BCUT2D eigenvalue weighted by Gasteiger charge is -2.16. The lowest BCUT2D eigenvalue weighted by Crippen LogP contribution is -1.97. The fourth-order valence-corrected chi connectivity index (χ4v) is 16.7.